The van der Waals surface area contributed by atoms with E-state index in [0.717, 1.165) is 21.4 Å². The van der Waals surface area contributed by atoms with Crippen molar-refractivity contribution < 1.29 is 14.3 Å². The van der Waals surface area contributed by atoms with Gasteiger partial charge >= 0.3 is 0 Å². The summed E-state index contributed by atoms with van der Waals surface area (Å²) >= 11 is 3.40. The van der Waals surface area contributed by atoms with Gasteiger partial charge in [-0.3, -0.25) is 9.59 Å². The van der Waals surface area contributed by atoms with E-state index in [9.17, 15) is 9.59 Å². The summed E-state index contributed by atoms with van der Waals surface area (Å²) in [7, 11) is 0. The third-order valence-corrected chi connectivity index (χ3v) is 6.22. The summed E-state index contributed by atoms with van der Waals surface area (Å²) in [5.74, 6) is 0.506. The van der Waals surface area contributed by atoms with Gasteiger partial charge in [0.05, 0.1) is 6.04 Å². The Labute approximate surface area is 196 Å². The van der Waals surface area contributed by atoms with Crippen LogP contribution in [0.3, 0.4) is 0 Å². The van der Waals surface area contributed by atoms with E-state index in [4.69, 9.17) is 4.74 Å². The Morgan fingerprint density at radius 2 is 1.66 bits per heavy atom. The second kappa shape index (κ2) is 9.57. The predicted octanol–water partition coefficient (Wildman–Crippen LogP) is 5.75. The number of hydrogen-bond acceptors (Lipinski definition) is 3. The molecule has 2 amide bonds. The maximum atomic E-state index is 13.2. The SMILES string of the molecule is CC(=O)N(c1ccccc1)[C@H]1C[C@@H](C)N(C(=O)COc2ccc(Br)cc2)c2ccccc21. The Bertz CT molecular complexity index is 1100. The molecule has 4 rings (SSSR count). The number of carbonyl (C=O) groups excluding carboxylic acids is 2. The van der Waals surface area contributed by atoms with Crippen molar-refractivity contribution in [3.8, 4) is 5.75 Å². The second-order valence-corrected chi connectivity index (χ2v) is 8.81. The minimum atomic E-state index is -0.155. The molecular formula is C26H25BrN2O3. The lowest BCUT2D eigenvalue weighted by molar-refractivity contribution is -0.121. The zero-order chi connectivity index (χ0) is 22.7. The van der Waals surface area contributed by atoms with Gasteiger partial charge in [0.15, 0.2) is 6.61 Å². The summed E-state index contributed by atoms with van der Waals surface area (Å²) in [6, 6.07) is 24.7. The second-order valence-electron chi connectivity index (χ2n) is 7.89. The highest BCUT2D eigenvalue weighted by Crippen LogP contribution is 2.42. The fraction of sp³-hybridized carbons (Fsp3) is 0.231. The van der Waals surface area contributed by atoms with Gasteiger partial charge in [0.2, 0.25) is 5.91 Å². The molecule has 0 unspecified atom stereocenters. The van der Waals surface area contributed by atoms with Crippen molar-refractivity contribution in [2.75, 3.05) is 16.4 Å². The fourth-order valence-electron chi connectivity index (χ4n) is 4.32. The van der Waals surface area contributed by atoms with Gasteiger partial charge in [-0.15, -0.1) is 0 Å². The molecule has 0 fully saturated rings. The van der Waals surface area contributed by atoms with Crippen molar-refractivity contribution in [2.45, 2.75) is 32.4 Å². The van der Waals surface area contributed by atoms with Crippen LogP contribution in [-0.4, -0.2) is 24.5 Å². The van der Waals surface area contributed by atoms with Crippen LogP contribution in [0.2, 0.25) is 0 Å². The van der Waals surface area contributed by atoms with Crippen molar-refractivity contribution in [1.82, 2.24) is 0 Å². The Kier molecular flexibility index (Phi) is 6.61. The van der Waals surface area contributed by atoms with Gasteiger partial charge in [-0.05, 0) is 61.4 Å². The number of ether oxygens (including phenoxy) is 1. The number of fused-ring (bicyclic) bond motifs is 1. The summed E-state index contributed by atoms with van der Waals surface area (Å²) in [5, 5.41) is 0. The first kappa shape index (κ1) is 22.1. The number of amides is 2. The highest BCUT2D eigenvalue weighted by atomic mass is 79.9. The number of halogens is 1. The van der Waals surface area contributed by atoms with Crippen LogP contribution in [0.1, 0.15) is 31.9 Å². The van der Waals surface area contributed by atoms with Crippen LogP contribution in [0.5, 0.6) is 5.75 Å². The average Bonchev–Trinajstić information content (AvgIpc) is 2.79. The Morgan fingerprint density at radius 1 is 1.00 bits per heavy atom. The van der Waals surface area contributed by atoms with Gasteiger partial charge in [-0.1, -0.05) is 52.3 Å². The van der Waals surface area contributed by atoms with Crippen molar-refractivity contribution in [1.29, 1.82) is 0 Å². The molecule has 32 heavy (non-hydrogen) atoms. The molecule has 0 saturated heterocycles. The van der Waals surface area contributed by atoms with Gasteiger partial charge in [0, 0.05) is 28.8 Å². The van der Waals surface area contributed by atoms with Crippen molar-refractivity contribution in [3.05, 3.63) is 88.9 Å². The summed E-state index contributed by atoms with van der Waals surface area (Å²) in [6.45, 7) is 3.55. The summed E-state index contributed by atoms with van der Waals surface area (Å²) < 4.78 is 6.70. The lowest BCUT2D eigenvalue weighted by Gasteiger charge is -2.43. The first-order valence-electron chi connectivity index (χ1n) is 10.6. The fourth-order valence-corrected chi connectivity index (χ4v) is 4.59. The lowest BCUT2D eigenvalue weighted by Crippen LogP contribution is -2.48. The maximum Gasteiger partial charge on any atom is 0.265 e. The van der Waals surface area contributed by atoms with Crippen LogP contribution in [0.15, 0.2) is 83.3 Å². The molecule has 2 atom stereocenters. The number of anilines is 2. The Morgan fingerprint density at radius 3 is 2.34 bits per heavy atom. The molecule has 1 aliphatic rings. The summed E-state index contributed by atoms with van der Waals surface area (Å²) in [4.78, 5) is 29.5. The number of para-hydroxylation sites is 2. The van der Waals surface area contributed by atoms with E-state index in [0.29, 0.717) is 12.2 Å². The zero-order valence-corrected chi connectivity index (χ0v) is 19.7. The topological polar surface area (TPSA) is 49.9 Å². The number of rotatable bonds is 5. The number of benzene rings is 3. The quantitative estimate of drug-likeness (QED) is 0.455. The van der Waals surface area contributed by atoms with Crippen LogP contribution < -0.4 is 14.5 Å². The van der Waals surface area contributed by atoms with Crippen LogP contribution in [0.25, 0.3) is 0 Å². The third kappa shape index (κ3) is 4.55. The first-order chi connectivity index (χ1) is 15.5. The lowest BCUT2D eigenvalue weighted by atomic mass is 9.90. The number of carbonyl (C=O) groups is 2. The van der Waals surface area contributed by atoms with E-state index in [1.807, 2.05) is 90.7 Å². The minimum Gasteiger partial charge on any atom is -0.484 e. The monoisotopic (exact) mass is 492 g/mol. The number of nitrogens with zero attached hydrogens (tertiary/aromatic N) is 2. The molecule has 0 spiro atoms. The molecule has 1 aliphatic heterocycles. The highest BCUT2D eigenvalue weighted by molar-refractivity contribution is 9.10. The van der Waals surface area contributed by atoms with Gasteiger partial charge < -0.3 is 14.5 Å². The van der Waals surface area contributed by atoms with E-state index in [1.165, 1.54) is 0 Å². The first-order valence-corrected chi connectivity index (χ1v) is 11.4. The van der Waals surface area contributed by atoms with Crippen LogP contribution in [0.4, 0.5) is 11.4 Å². The molecule has 0 bridgehead atoms. The third-order valence-electron chi connectivity index (χ3n) is 5.69. The highest BCUT2D eigenvalue weighted by Gasteiger charge is 2.37. The normalized spacial score (nSPS) is 17.4. The predicted molar refractivity (Wildman–Crippen MR) is 130 cm³/mol. The smallest absolute Gasteiger partial charge is 0.265 e. The van der Waals surface area contributed by atoms with Gasteiger partial charge in [-0.2, -0.15) is 0 Å². The van der Waals surface area contributed by atoms with E-state index in [1.54, 1.807) is 11.8 Å². The molecule has 0 aliphatic carbocycles. The molecule has 3 aromatic carbocycles. The minimum absolute atomic E-state index is 0.0263. The standard InChI is InChI=1S/C26H25BrN2O3/c1-18-16-25(29(19(2)30)21-8-4-3-5-9-21)23-10-6-7-11-24(23)28(18)26(31)17-32-22-14-12-20(27)13-15-22/h3-15,18,25H,16-17H2,1-2H3/t18-,25+/m1/s1. The molecule has 5 nitrogen and oxygen atoms in total. The molecular weight excluding hydrogens is 468 g/mol. The Balaban J connectivity index is 1.62. The van der Waals surface area contributed by atoms with Crippen molar-refractivity contribution in [2.24, 2.45) is 0 Å². The largest absolute Gasteiger partial charge is 0.484 e. The molecule has 0 N–H and O–H groups in total. The van der Waals surface area contributed by atoms with Gasteiger partial charge in [-0.25, -0.2) is 0 Å². The zero-order valence-electron chi connectivity index (χ0n) is 18.1. The van der Waals surface area contributed by atoms with E-state index in [2.05, 4.69) is 15.9 Å². The molecule has 164 valence electrons. The van der Waals surface area contributed by atoms with Gasteiger partial charge in [0.25, 0.3) is 5.91 Å². The summed E-state index contributed by atoms with van der Waals surface area (Å²) in [5.41, 5.74) is 2.63. The molecule has 0 saturated carbocycles. The van der Waals surface area contributed by atoms with Gasteiger partial charge in [0.1, 0.15) is 5.75 Å². The van der Waals surface area contributed by atoms with Crippen molar-refractivity contribution >= 4 is 39.1 Å². The molecule has 3 aromatic rings. The Hall–Kier alpha value is -3.12. The van der Waals surface area contributed by atoms with Crippen LogP contribution >= 0.6 is 15.9 Å². The average molecular weight is 493 g/mol. The van der Waals surface area contributed by atoms with E-state index in [-0.39, 0.29) is 30.5 Å². The van der Waals surface area contributed by atoms with E-state index < -0.39 is 0 Å². The van der Waals surface area contributed by atoms with E-state index >= 15 is 0 Å². The van der Waals surface area contributed by atoms with Crippen LogP contribution in [-0.2, 0) is 9.59 Å². The molecule has 1 heterocycles. The number of hydrogen-bond donors (Lipinski definition) is 0. The molecule has 0 aromatic heterocycles. The van der Waals surface area contributed by atoms with Crippen molar-refractivity contribution in [3.63, 3.8) is 0 Å². The molecule has 6 heteroatoms. The van der Waals surface area contributed by atoms with Crippen LogP contribution in [0, 0.1) is 0 Å². The maximum absolute atomic E-state index is 13.2. The summed E-state index contributed by atoms with van der Waals surface area (Å²) in [6.07, 6.45) is 0.634. The molecule has 0 radical (unpaired) electrons.